The van der Waals surface area contributed by atoms with Crippen LogP contribution in [0.2, 0.25) is 0 Å². The van der Waals surface area contributed by atoms with E-state index in [1.54, 1.807) is 0 Å². The summed E-state index contributed by atoms with van der Waals surface area (Å²) < 4.78 is 0. The first kappa shape index (κ1) is 12.9. The van der Waals surface area contributed by atoms with Crippen molar-refractivity contribution in [2.45, 2.75) is 32.4 Å². The fourth-order valence-corrected chi connectivity index (χ4v) is 2.71. The Balaban J connectivity index is 1.65. The van der Waals surface area contributed by atoms with Crippen LogP contribution in [0.5, 0.6) is 0 Å². The minimum absolute atomic E-state index is 0.755. The molecule has 1 aromatic heterocycles. The molecule has 0 radical (unpaired) electrons. The van der Waals surface area contributed by atoms with Crippen molar-refractivity contribution in [1.29, 1.82) is 0 Å². The van der Waals surface area contributed by atoms with Crippen molar-refractivity contribution in [3.05, 3.63) is 24.0 Å². The fraction of sp³-hybridized carbons (Fsp3) is 0.667. The van der Waals surface area contributed by atoms with Gasteiger partial charge in [-0.3, -0.25) is 4.98 Å². The van der Waals surface area contributed by atoms with E-state index >= 15 is 0 Å². The molecule has 0 atom stereocenters. The molecule has 1 saturated heterocycles. The lowest BCUT2D eigenvalue weighted by Crippen LogP contribution is -2.46. The maximum Gasteiger partial charge on any atom is 0.0443 e. The quantitative estimate of drug-likeness (QED) is 0.869. The average Bonchev–Trinajstić information content (AvgIpc) is 3.30. The van der Waals surface area contributed by atoms with Crippen molar-refractivity contribution >= 4 is 5.69 Å². The molecule has 0 aromatic carbocycles. The summed E-state index contributed by atoms with van der Waals surface area (Å²) in [7, 11) is 0. The van der Waals surface area contributed by atoms with E-state index in [0.717, 1.165) is 25.7 Å². The maximum absolute atomic E-state index is 4.29. The smallest absolute Gasteiger partial charge is 0.0443 e. The number of hydrogen-bond acceptors (Lipinski definition) is 4. The molecule has 1 N–H and O–H groups in total. The molecule has 1 aliphatic carbocycles. The summed E-state index contributed by atoms with van der Waals surface area (Å²) >= 11 is 0. The lowest BCUT2D eigenvalue weighted by Gasteiger charge is -2.36. The van der Waals surface area contributed by atoms with Crippen molar-refractivity contribution < 1.29 is 0 Å². The Morgan fingerprint density at radius 1 is 1.26 bits per heavy atom. The molecular formula is C15H24N4. The van der Waals surface area contributed by atoms with Gasteiger partial charge in [0.2, 0.25) is 0 Å². The van der Waals surface area contributed by atoms with E-state index in [0.29, 0.717) is 0 Å². The number of aromatic nitrogens is 1. The number of pyridine rings is 1. The number of nitrogens with zero attached hydrogens (tertiary/aromatic N) is 3. The first-order chi connectivity index (χ1) is 9.36. The van der Waals surface area contributed by atoms with Crippen LogP contribution in [0.3, 0.4) is 0 Å². The van der Waals surface area contributed by atoms with Crippen LogP contribution in [0.25, 0.3) is 0 Å². The summed E-state index contributed by atoms with van der Waals surface area (Å²) in [6.07, 6.45) is 6.62. The number of likely N-dealkylation sites (N-methyl/N-ethyl adjacent to an activating group) is 1. The van der Waals surface area contributed by atoms with Gasteiger partial charge in [-0.05, 0) is 25.5 Å². The van der Waals surface area contributed by atoms with Crippen LogP contribution >= 0.6 is 0 Å². The van der Waals surface area contributed by atoms with Gasteiger partial charge in [0.25, 0.3) is 0 Å². The van der Waals surface area contributed by atoms with Crippen molar-refractivity contribution in [3.63, 3.8) is 0 Å². The van der Waals surface area contributed by atoms with Gasteiger partial charge in [-0.2, -0.15) is 0 Å². The van der Waals surface area contributed by atoms with Gasteiger partial charge in [0.1, 0.15) is 0 Å². The zero-order chi connectivity index (χ0) is 13.1. The summed E-state index contributed by atoms with van der Waals surface area (Å²) in [6, 6.07) is 2.93. The minimum Gasteiger partial charge on any atom is -0.369 e. The highest BCUT2D eigenvalue weighted by molar-refractivity contribution is 5.52. The summed E-state index contributed by atoms with van der Waals surface area (Å²) in [6.45, 7) is 8.99. The lowest BCUT2D eigenvalue weighted by atomic mass is 10.2. The molecule has 4 nitrogen and oxygen atoms in total. The van der Waals surface area contributed by atoms with Gasteiger partial charge in [-0.1, -0.05) is 6.92 Å². The molecule has 19 heavy (non-hydrogen) atoms. The fourth-order valence-electron chi connectivity index (χ4n) is 2.71. The number of nitrogens with one attached hydrogen (secondary N) is 1. The molecule has 3 rings (SSSR count). The Morgan fingerprint density at radius 2 is 2.05 bits per heavy atom. The molecule has 2 fully saturated rings. The molecule has 4 heteroatoms. The van der Waals surface area contributed by atoms with Crippen molar-refractivity contribution in [1.82, 2.24) is 15.2 Å². The molecule has 0 unspecified atom stereocenters. The number of hydrogen-bond donors (Lipinski definition) is 1. The van der Waals surface area contributed by atoms with Crippen molar-refractivity contribution in [2.75, 3.05) is 37.6 Å². The lowest BCUT2D eigenvalue weighted by molar-refractivity contribution is 0.271. The zero-order valence-electron chi connectivity index (χ0n) is 11.8. The second-order valence-corrected chi connectivity index (χ2v) is 5.58. The van der Waals surface area contributed by atoms with E-state index in [1.807, 2.05) is 12.4 Å². The van der Waals surface area contributed by atoms with Crippen LogP contribution in [0.4, 0.5) is 5.69 Å². The molecule has 0 bridgehead atoms. The van der Waals surface area contributed by atoms with E-state index < -0.39 is 0 Å². The van der Waals surface area contributed by atoms with Gasteiger partial charge in [0.05, 0.1) is 0 Å². The van der Waals surface area contributed by atoms with Crippen molar-refractivity contribution in [3.8, 4) is 0 Å². The zero-order valence-corrected chi connectivity index (χ0v) is 11.8. The highest BCUT2D eigenvalue weighted by Crippen LogP contribution is 2.23. The van der Waals surface area contributed by atoms with E-state index in [4.69, 9.17) is 0 Å². The van der Waals surface area contributed by atoms with Gasteiger partial charge in [0.15, 0.2) is 0 Å². The number of piperazine rings is 1. The highest BCUT2D eigenvalue weighted by atomic mass is 15.3. The topological polar surface area (TPSA) is 31.4 Å². The van der Waals surface area contributed by atoms with Crippen LogP contribution in [0.15, 0.2) is 18.5 Å². The average molecular weight is 260 g/mol. The SMILES string of the molecule is CCN1CCN(c2ccncc2CNC2CC2)CC1. The monoisotopic (exact) mass is 260 g/mol. The third-order valence-electron chi connectivity index (χ3n) is 4.20. The largest absolute Gasteiger partial charge is 0.369 e. The highest BCUT2D eigenvalue weighted by Gasteiger charge is 2.22. The van der Waals surface area contributed by atoms with Crippen LogP contribution in [0, 0.1) is 0 Å². The molecule has 2 heterocycles. The molecule has 1 aliphatic heterocycles. The summed E-state index contributed by atoms with van der Waals surface area (Å²) in [5, 5.41) is 3.60. The van der Waals surface area contributed by atoms with Gasteiger partial charge >= 0.3 is 0 Å². The van der Waals surface area contributed by atoms with Gasteiger partial charge in [-0.15, -0.1) is 0 Å². The first-order valence-corrected chi connectivity index (χ1v) is 7.50. The predicted molar refractivity (Wildman–Crippen MR) is 78.4 cm³/mol. The first-order valence-electron chi connectivity index (χ1n) is 7.50. The Hall–Kier alpha value is -1.13. The third kappa shape index (κ3) is 3.25. The molecule has 0 amide bonds. The minimum atomic E-state index is 0.755. The molecule has 104 valence electrons. The maximum atomic E-state index is 4.29. The predicted octanol–water partition coefficient (Wildman–Crippen LogP) is 1.48. The van der Waals surface area contributed by atoms with Crippen LogP contribution in [-0.2, 0) is 6.54 Å². The molecule has 0 spiro atoms. The Bertz CT molecular complexity index is 408. The summed E-state index contributed by atoms with van der Waals surface area (Å²) in [5.74, 6) is 0. The van der Waals surface area contributed by atoms with Crippen LogP contribution in [-0.4, -0.2) is 48.6 Å². The third-order valence-corrected chi connectivity index (χ3v) is 4.20. The second-order valence-electron chi connectivity index (χ2n) is 5.58. The van der Waals surface area contributed by atoms with Crippen LogP contribution in [0.1, 0.15) is 25.3 Å². The number of rotatable bonds is 5. The molecule has 1 saturated carbocycles. The number of anilines is 1. The van der Waals surface area contributed by atoms with E-state index in [1.165, 1.54) is 43.7 Å². The summed E-state index contributed by atoms with van der Waals surface area (Å²) in [4.78, 5) is 9.32. The summed E-state index contributed by atoms with van der Waals surface area (Å²) in [5.41, 5.74) is 2.72. The van der Waals surface area contributed by atoms with Gasteiger partial charge < -0.3 is 15.1 Å². The van der Waals surface area contributed by atoms with Crippen molar-refractivity contribution in [2.24, 2.45) is 0 Å². The Morgan fingerprint density at radius 3 is 2.74 bits per heavy atom. The van der Waals surface area contributed by atoms with E-state index in [9.17, 15) is 0 Å². The molecule has 2 aliphatic rings. The Labute approximate surface area is 115 Å². The normalized spacial score (nSPS) is 20.8. The van der Waals surface area contributed by atoms with E-state index in [-0.39, 0.29) is 0 Å². The van der Waals surface area contributed by atoms with Crippen LogP contribution < -0.4 is 10.2 Å². The standard InChI is InChI=1S/C15H24N4/c1-2-18-7-9-19(10-8-18)15-5-6-16-11-13(15)12-17-14-3-4-14/h5-6,11,14,17H,2-4,7-10,12H2,1H3. The van der Waals surface area contributed by atoms with E-state index in [2.05, 4.69) is 33.1 Å². The molecule has 1 aromatic rings. The van der Waals surface area contributed by atoms with Gasteiger partial charge in [-0.25, -0.2) is 0 Å². The molecular weight excluding hydrogens is 236 g/mol. The second kappa shape index (κ2) is 5.88. The van der Waals surface area contributed by atoms with Gasteiger partial charge in [0, 0.05) is 62.4 Å². The Kier molecular flexibility index (Phi) is 3.99.